The van der Waals surface area contributed by atoms with E-state index in [1.165, 1.54) is 4.90 Å². The highest BCUT2D eigenvalue weighted by molar-refractivity contribution is 6.00. The minimum atomic E-state index is -0.759. The van der Waals surface area contributed by atoms with Crippen molar-refractivity contribution in [2.24, 2.45) is 5.92 Å². The van der Waals surface area contributed by atoms with Gasteiger partial charge in [0.05, 0.1) is 6.54 Å². The van der Waals surface area contributed by atoms with Gasteiger partial charge in [-0.05, 0) is 19.3 Å². The Balaban J connectivity index is 2.16. The fraction of sp³-hybridized carbons (Fsp3) is 0.786. The van der Waals surface area contributed by atoms with E-state index in [1.54, 1.807) is 17.3 Å². The lowest BCUT2D eigenvalue weighted by molar-refractivity contribution is -0.175. The van der Waals surface area contributed by atoms with Crippen molar-refractivity contribution in [3.8, 4) is 0 Å². The Bertz CT molecular complexity index is 465. The van der Waals surface area contributed by atoms with Gasteiger partial charge in [-0.15, -0.1) is 0 Å². The molecule has 2 saturated heterocycles. The first-order valence-corrected chi connectivity index (χ1v) is 7.45. The maximum Gasteiger partial charge on any atom is 0.266 e. The first kappa shape index (κ1) is 15.8. The van der Waals surface area contributed by atoms with Crippen LogP contribution in [0.4, 0.5) is 0 Å². The second-order valence-electron chi connectivity index (χ2n) is 6.11. The SMILES string of the molecule is CCC(C(=O)NO)N1CC2(CCCN2C(=O)C(C)C)C1=O. The number of hydrogen-bond donors (Lipinski definition) is 2. The number of carbonyl (C=O) groups is 3. The molecule has 0 aromatic rings. The molecule has 2 atom stereocenters. The molecule has 3 amide bonds. The van der Waals surface area contributed by atoms with Gasteiger partial charge in [0.25, 0.3) is 11.8 Å². The second kappa shape index (κ2) is 5.63. The molecule has 2 N–H and O–H groups in total. The molecule has 7 heteroatoms. The van der Waals surface area contributed by atoms with Crippen molar-refractivity contribution in [2.45, 2.75) is 51.6 Å². The molecule has 2 aliphatic heterocycles. The van der Waals surface area contributed by atoms with Crippen LogP contribution in [0.25, 0.3) is 0 Å². The Morgan fingerprint density at radius 2 is 2.10 bits per heavy atom. The number of likely N-dealkylation sites (tertiary alicyclic amines) is 2. The Labute approximate surface area is 124 Å². The fourth-order valence-electron chi connectivity index (χ4n) is 3.37. The summed E-state index contributed by atoms with van der Waals surface area (Å²) in [5.74, 6) is -0.922. The average molecular weight is 297 g/mol. The Kier molecular flexibility index (Phi) is 4.22. The quantitative estimate of drug-likeness (QED) is 0.438. The molecule has 2 unspecified atom stereocenters. The monoisotopic (exact) mass is 297 g/mol. The first-order valence-electron chi connectivity index (χ1n) is 7.45. The van der Waals surface area contributed by atoms with E-state index < -0.39 is 17.5 Å². The Hall–Kier alpha value is -1.63. The molecule has 0 bridgehead atoms. The molecule has 2 heterocycles. The zero-order valence-electron chi connectivity index (χ0n) is 12.8. The molecule has 21 heavy (non-hydrogen) atoms. The van der Waals surface area contributed by atoms with E-state index >= 15 is 0 Å². The van der Waals surface area contributed by atoms with Crippen LogP contribution >= 0.6 is 0 Å². The predicted molar refractivity (Wildman–Crippen MR) is 74.2 cm³/mol. The zero-order chi connectivity index (χ0) is 15.8. The molecular formula is C14H23N3O4. The third kappa shape index (κ3) is 2.29. The van der Waals surface area contributed by atoms with E-state index in [9.17, 15) is 14.4 Å². The van der Waals surface area contributed by atoms with Crippen LogP contribution in [0.2, 0.25) is 0 Å². The summed E-state index contributed by atoms with van der Waals surface area (Å²) in [5.41, 5.74) is 0.844. The van der Waals surface area contributed by atoms with Gasteiger partial charge in [-0.25, -0.2) is 5.48 Å². The molecule has 0 saturated carbocycles. The third-order valence-electron chi connectivity index (χ3n) is 4.52. The van der Waals surface area contributed by atoms with Gasteiger partial charge in [0.2, 0.25) is 5.91 Å². The molecule has 118 valence electrons. The first-order chi connectivity index (χ1) is 9.89. The van der Waals surface area contributed by atoms with Crippen LogP contribution in [0.15, 0.2) is 0 Å². The number of hydrogen-bond acceptors (Lipinski definition) is 4. The van der Waals surface area contributed by atoms with Crippen LogP contribution < -0.4 is 5.48 Å². The minimum absolute atomic E-state index is 0.0137. The van der Waals surface area contributed by atoms with E-state index in [4.69, 9.17) is 5.21 Å². The smallest absolute Gasteiger partial charge is 0.266 e. The minimum Gasteiger partial charge on any atom is -0.326 e. The molecular weight excluding hydrogens is 274 g/mol. The lowest BCUT2D eigenvalue weighted by Gasteiger charge is -2.53. The van der Waals surface area contributed by atoms with Gasteiger partial charge in [-0.3, -0.25) is 19.6 Å². The maximum absolute atomic E-state index is 12.6. The fourth-order valence-corrected chi connectivity index (χ4v) is 3.37. The van der Waals surface area contributed by atoms with Crippen molar-refractivity contribution >= 4 is 17.7 Å². The second-order valence-corrected chi connectivity index (χ2v) is 6.11. The van der Waals surface area contributed by atoms with Crippen molar-refractivity contribution < 1.29 is 19.6 Å². The summed E-state index contributed by atoms with van der Waals surface area (Å²) < 4.78 is 0. The number of nitrogens with zero attached hydrogens (tertiary/aromatic N) is 2. The van der Waals surface area contributed by atoms with E-state index in [-0.39, 0.29) is 17.7 Å². The molecule has 0 aliphatic carbocycles. The highest BCUT2D eigenvalue weighted by atomic mass is 16.5. The number of hydroxylamine groups is 1. The number of nitrogens with one attached hydrogen (secondary N) is 1. The van der Waals surface area contributed by atoms with Gasteiger partial charge in [0.1, 0.15) is 11.6 Å². The Morgan fingerprint density at radius 1 is 1.43 bits per heavy atom. The highest BCUT2D eigenvalue weighted by Gasteiger charge is 2.61. The molecule has 0 aromatic heterocycles. The van der Waals surface area contributed by atoms with Crippen LogP contribution in [0, 0.1) is 5.92 Å². The predicted octanol–water partition coefficient (Wildman–Crippen LogP) is 0.130. The van der Waals surface area contributed by atoms with Crippen LogP contribution in [0.3, 0.4) is 0 Å². The van der Waals surface area contributed by atoms with Gasteiger partial charge in [0.15, 0.2) is 0 Å². The molecule has 2 rings (SSSR count). The standard InChI is InChI=1S/C14H23N3O4/c1-4-10(11(18)15-21)16-8-14(13(16)20)6-5-7-17(14)12(19)9(2)3/h9-10,21H,4-8H2,1-3H3,(H,15,18). The van der Waals surface area contributed by atoms with Gasteiger partial charge in [0, 0.05) is 12.5 Å². The molecule has 0 aromatic carbocycles. The summed E-state index contributed by atoms with van der Waals surface area (Å²) in [7, 11) is 0. The number of amides is 3. The van der Waals surface area contributed by atoms with Crippen molar-refractivity contribution in [1.82, 2.24) is 15.3 Å². The number of β-lactam (4-membered cyclic amide) rings is 1. The lowest BCUT2D eigenvalue weighted by atomic mass is 9.83. The van der Waals surface area contributed by atoms with Gasteiger partial charge < -0.3 is 9.80 Å². The zero-order valence-corrected chi connectivity index (χ0v) is 12.8. The van der Waals surface area contributed by atoms with Crippen LogP contribution in [0.5, 0.6) is 0 Å². The normalized spacial score (nSPS) is 26.2. The van der Waals surface area contributed by atoms with Crippen LogP contribution in [-0.2, 0) is 14.4 Å². The lowest BCUT2D eigenvalue weighted by Crippen LogP contribution is -2.76. The van der Waals surface area contributed by atoms with Crippen molar-refractivity contribution in [3.63, 3.8) is 0 Å². The van der Waals surface area contributed by atoms with E-state index in [1.807, 2.05) is 13.8 Å². The van der Waals surface area contributed by atoms with E-state index in [2.05, 4.69) is 0 Å². The molecule has 2 fully saturated rings. The summed E-state index contributed by atoms with van der Waals surface area (Å²) in [6.07, 6.45) is 1.88. The van der Waals surface area contributed by atoms with Crippen molar-refractivity contribution in [3.05, 3.63) is 0 Å². The summed E-state index contributed by atoms with van der Waals surface area (Å²) in [6.45, 7) is 6.40. The van der Waals surface area contributed by atoms with Gasteiger partial charge >= 0.3 is 0 Å². The highest BCUT2D eigenvalue weighted by Crippen LogP contribution is 2.41. The van der Waals surface area contributed by atoms with Crippen molar-refractivity contribution in [1.29, 1.82) is 0 Å². The van der Waals surface area contributed by atoms with E-state index in [0.717, 1.165) is 6.42 Å². The molecule has 7 nitrogen and oxygen atoms in total. The van der Waals surface area contributed by atoms with Crippen molar-refractivity contribution in [2.75, 3.05) is 13.1 Å². The molecule has 0 radical (unpaired) electrons. The molecule has 2 aliphatic rings. The summed E-state index contributed by atoms with van der Waals surface area (Å²) in [4.78, 5) is 39.6. The number of carbonyl (C=O) groups excluding carboxylic acids is 3. The van der Waals surface area contributed by atoms with Gasteiger partial charge in [-0.2, -0.15) is 0 Å². The largest absolute Gasteiger partial charge is 0.326 e. The average Bonchev–Trinajstić information content (AvgIpc) is 2.92. The number of rotatable bonds is 4. The third-order valence-corrected chi connectivity index (χ3v) is 4.52. The topological polar surface area (TPSA) is 89.9 Å². The Morgan fingerprint density at radius 3 is 2.57 bits per heavy atom. The van der Waals surface area contributed by atoms with Crippen LogP contribution in [-0.4, -0.2) is 57.4 Å². The summed E-state index contributed by atoms with van der Waals surface area (Å²) in [6, 6.07) is -0.676. The van der Waals surface area contributed by atoms with Gasteiger partial charge in [-0.1, -0.05) is 20.8 Å². The van der Waals surface area contributed by atoms with Crippen LogP contribution in [0.1, 0.15) is 40.0 Å². The molecule has 1 spiro atoms. The maximum atomic E-state index is 12.6. The summed E-state index contributed by atoms with van der Waals surface area (Å²) in [5, 5.41) is 8.76. The van der Waals surface area contributed by atoms with E-state index in [0.29, 0.717) is 25.9 Å². The summed E-state index contributed by atoms with van der Waals surface area (Å²) >= 11 is 0.